The second kappa shape index (κ2) is 11.6. The molecule has 0 spiro atoms. The van der Waals surface area contributed by atoms with Gasteiger partial charge in [-0.05, 0) is 35.2 Å². The van der Waals surface area contributed by atoms with E-state index in [9.17, 15) is 22.4 Å². The first-order chi connectivity index (χ1) is 18.1. The highest BCUT2D eigenvalue weighted by molar-refractivity contribution is 6.31. The van der Waals surface area contributed by atoms with E-state index >= 15 is 0 Å². The van der Waals surface area contributed by atoms with E-state index in [4.69, 9.17) is 21.1 Å². The monoisotopic (exact) mass is 548 g/mol. The fourth-order valence-electron chi connectivity index (χ4n) is 3.62. The Hall–Kier alpha value is -3.99. The van der Waals surface area contributed by atoms with Crippen LogP contribution in [-0.2, 0) is 25.6 Å². The molecule has 2 aromatic heterocycles. The Balaban J connectivity index is 1.33. The first-order valence-electron chi connectivity index (χ1n) is 11.3. The smallest absolute Gasteiger partial charge is 0.417 e. The van der Waals surface area contributed by atoms with E-state index in [2.05, 4.69) is 15.0 Å². The van der Waals surface area contributed by atoms with Crippen LogP contribution in [0.4, 0.5) is 17.6 Å². The van der Waals surface area contributed by atoms with Crippen LogP contribution in [0.3, 0.4) is 0 Å². The number of nitrogens with zero attached hydrogens (tertiary/aromatic N) is 4. The Labute approximate surface area is 219 Å². The Morgan fingerprint density at radius 1 is 0.974 bits per heavy atom. The molecular weight excluding hydrogens is 528 g/mol. The zero-order valence-corrected chi connectivity index (χ0v) is 20.8. The average Bonchev–Trinajstić information content (AvgIpc) is 2.88. The van der Waals surface area contributed by atoms with Gasteiger partial charge in [0.15, 0.2) is 0 Å². The number of alkyl halides is 3. The zero-order chi connectivity index (χ0) is 27.3. The Morgan fingerprint density at radius 3 is 2.29 bits per heavy atom. The van der Waals surface area contributed by atoms with E-state index < -0.39 is 29.1 Å². The molecule has 0 atom stereocenters. The summed E-state index contributed by atoms with van der Waals surface area (Å²) < 4.78 is 65.1. The molecule has 4 rings (SSSR count). The van der Waals surface area contributed by atoms with Crippen LogP contribution in [-0.4, -0.2) is 33.2 Å². The van der Waals surface area contributed by atoms with E-state index in [1.807, 2.05) is 0 Å². The third-order valence-electron chi connectivity index (χ3n) is 5.53. The quantitative estimate of drug-likeness (QED) is 0.270. The molecule has 0 saturated heterocycles. The second-order valence-corrected chi connectivity index (χ2v) is 8.69. The lowest BCUT2D eigenvalue weighted by molar-refractivity contribution is -0.137. The highest BCUT2D eigenvalue weighted by atomic mass is 35.5. The van der Waals surface area contributed by atoms with Gasteiger partial charge < -0.3 is 9.47 Å². The van der Waals surface area contributed by atoms with Crippen molar-refractivity contribution in [2.75, 3.05) is 13.7 Å². The zero-order valence-electron chi connectivity index (χ0n) is 20.0. The van der Waals surface area contributed by atoms with Gasteiger partial charge in [-0.25, -0.2) is 14.8 Å². The van der Waals surface area contributed by atoms with Gasteiger partial charge in [-0.15, -0.1) is 0 Å². The van der Waals surface area contributed by atoms with Crippen LogP contribution in [0.25, 0.3) is 0 Å². The van der Waals surface area contributed by atoms with E-state index in [0.29, 0.717) is 24.0 Å². The highest BCUT2D eigenvalue weighted by Gasteiger charge is 2.33. The topological polar surface area (TPSA) is 79.1 Å². The lowest BCUT2D eigenvalue weighted by Gasteiger charge is -2.11. The van der Waals surface area contributed by atoms with Gasteiger partial charge in [0.2, 0.25) is 5.82 Å². The van der Waals surface area contributed by atoms with E-state index in [0.717, 1.165) is 28.0 Å². The number of aromatic nitrogens is 4. The molecule has 0 aliphatic rings. The molecule has 198 valence electrons. The van der Waals surface area contributed by atoms with E-state index in [1.54, 1.807) is 30.3 Å². The van der Waals surface area contributed by atoms with Crippen LogP contribution in [0.2, 0.25) is 5.02 Å². The lowest BCUT2D eigenvalue weighted by Crippen LogP contribution is -2.25. The van der Waals surface area contributed by atoms with Gasteiger partial charge in [-0.2, -0.15) is 22.5 Å². The molecule has 0 fully saturated rings. The molecule has 0 N–H and O–H groups in total. The summed E-state index contributed by atoms with van der Waals surface area (Å²) >= 11 is 5.68. The average molecular weight is 549 g/mol. The molecule has 2 aromatic carbocycles. The van der Waals surface area contributed by atoms with Gasteiger partial charge in [0, 0.05) is 24.4 Å². The van der Waals surface area contributed by atoms with Gasteiger partial charge in [0.1, 0.15) is 0 Å². The molecule has 0 aliphatic carbocycles. The number of hydrogen-bond donors (Lipinski definition) is 0. The van der Waals surface area contributed by atoms with Gasteiger partial charge >= 0.3 is 17.9 Å². The molecule has 12 heteroatoms. The van der Waals surface area contributed by atoms with Crippen LogP contribution in [0.15, 0.2) is 65.8 Å². The van der Waals surface area contributed by atoms with Crippen LogP contribution in [0.5, 0.6) is 11.9 Å². The molecule has 38 heavy (non-hydrogen) atoms. The number of ether oxygens (including phenoxy) is 2. The summed E-state index contributed by atoms with van der Waals surface area (Å²) in [6.07, 6.45) is 0.0907. The molecule has 0 amide bonds. The molecule has 0 bridgehead atoms. The lowest BCUT2D eigenvalue weighted by atomic mass is 10.0. The Kier molecular flexibility index (Phi) is 8.26. The first kappa shape index (κ1) is 27.1. The molecule has 0 radical (unpaired) electrons. The van der Waals surface area contributed by atoms with Crippen molar-refractivity contribution in [3.05, 3.63) is 110 Å². The fraction of sp³-hybridized carbons (Fsp3) is 0.231. The summed E-state index contributed by atoms with van der Waals surface area (Å²) in [6, 6.07) is 11.2. The summed E-state index contributed by atoms with van der Waals surface area (Å²) in [5.74, 6) is -1.20. The molecule has 4 aromatic rings. The third kappa shape index (κ3) is 6.86. The van der Waals surface area contributed by atoms with Crippen LogP contribution >= 0.6 is 11.6 Å². The number of halogens is 5. The second-order valence-electron chi connectivity index (χ2n) is 8.29. The summed E-state index contributed by atoms with van der Waals surface area (Å²) in [5, 5.41) is -0.341. The van der Waals surface area contributed by atoms with Crippen molar-refractivity contribution >= 4 is 11.6 Å². The van der Waals surface area contributed by atoms with Gasteiger partial charge in [0.25, 0.3) is 5.88 Å². The summed E-state index contributed by atoms with van der Waals surface area (Å²) in [6.45, 7) is 0.0814. The molecule has 0 saturated carbocycles. The number of rotatable bonds is 9. The van der Waals surface area contributed by atoms with E-state index in [-0.39, 0.29) is 24.2 Å². The minimum Gasteiger partial charge on any atom is -0.475 e. The summed E-state index contributed by atoms with van der Waals surface area (Å²) in [4.78, 5) is 23.9. The van der Waals surface area contributed by atoms with Crippen LogP contribution < -0.4 is 15.2 Å². The van der Waals surface area contributed by atoms with Gasteiger partial charge in [-0.1, -0.05) is 41.9 Å². The van der Waals surface area contributed by atoms with Crippen molar-refractivity contribution in [1.82, 2.24) is 19.5 Å². The van der Waals surface area contributed by atoms with Gasteiger partial charge in [-0.3, -0.25) is 4.57 Å². The number of hydrogen-bond acceptors (Lipinski definition) is 6. The SMILES string of the molecule is COc1ncc(Cn2cc(F)c(OCCc3ccc(Cc4ccc(Cl)c(C(F)(F)F)c4)cc3)nc2=O)cn1. The molecule has 2 heterocycles. The largest absolute Gasteiger partial charge is 0.475 e. The molecular formula is C26H21ClF4N4O3. The molecule has 0 aliphatic heterocycles. The van der Waals surface area contributed by atoms with Crippen molar-refractivity contribution < 1.29 is 27.0 Å². The highest BCUT2D eigenvalue weighted by Crippen LogP contribution is 2.35. The first-order valence-corrected chi connectivity index (χ1v) is 11.7. The fourth-order valence-corrected chi connectivity index (χ4v) is 3.84. The Morgan fingerprint density at radius 2 is 1.63 bits per heavy atom. The minimum atomic E-state index is -4.53. The maximum absolute atomic E-state index is 14.5. The van der Waals surface area contributed by atoms with Crippen LogP contribution in [0, 0.1) is 5.82 Å². The van der Waals surface area contributed by atoms with Crippen molar-refractivity contribution in [3.8, 4) is 11.9 Å². The van der Waals surface area contributed by atoms with Crippen molar-refractivity contribution in [1.29, 1.82) is 0 Å². The molecule has 0 unspecified atom stereocenters. The van der Waals surface area contributed by atoms with Gasteiger partial charge in [0.05, 0.1) is 37.0 Å². The number of benzene rings is 2. The summed E-state index contributed by atoms with van der Waals surface area (Å²) in [7, 11) is 1.42. The predicted octanol–water partition coefficient (Wildman–Crippen LogP) is 5.11. The minimum absolute atomic E-state index is 0.0207. The maximum Gasteiger partial charge on any atom is 0.417 e. The van der Waals surface area contributed by atoms with Crippen LogP contribution in [0.1, 0.15) is 27.8 Å². The molecule has 7 nitrogen and oxygen atoms in total. The van der Waals surface area contributed by atoms with Crippen molar-refractivity contribution in [2.45, 2.75) is 25.6 Å². The maximum atomic E-state index is 14.5. The summed E-state index contributed by atoms with van der Waals surface area (Å²) in [5.41, 5.74) is 1.14. The standard InChI is InChI=1S/C26H21ClF4N4O3/c1-37-24-32-12-19(13-33-24)14-35-15-22(28)23(34-25(35)36)38-9-8-16-2-4-17(5-3-16)10-18-6-7-21(27)20(11-18)26(29,30)31/h2-7,11-13,15H,8-10,14H2,1H3. The number of methoxy groups -OCH3 is 1. The predicted molar refractivity (Wildman–Crippen MR) is 131 cm³/mol. The van der Waals surface area contributed by atoms with E-state index in [1.165, 1.54) is 25.6 Å². The third-order valence-corrected chi connectivity index (χ3v) is 5.86. The van der Waals surface area contributed by atoms with Crippen molar-refractivity contribution in [2.24, 2.45) is 0 Å². The Bertz CT molecular complexity index is 1460. The normalized spacial score (nSPS) is 11.4. The van der Waals surface area contributed by atoms with Crippen molar-refractivity contribution in [3.63, 3.8) is 0 Å².